The van der Waals surface area contributed by atoms with E-state index in [1.807, 2.05) is 55.8 Å². The van der Waals surface area contributed by atoms with Gasteiger partial charge in [0, 0.05) is 29.3 Å². The van der Waals surface area contributed by atoms with Crippen LogP contribution in [-0.4, -0.2) is 40.2 Å². The molecule has 8 heteroatoms. The number of methoxy groups -OCH3 is 1. The highest BCUT2D eigenvalue weighted by atomic mass is 19.1. The molecule has 0 saturated heterocycles. The molecule has 0 radical (unpaired) electrons. The number of aryl methyl sites for hydroxylation is 1. The molecule has 7 nitrogen and oxygen atoms in total. The third-order valence-electron chi connectivity index (χ3n) is 5.28. The maximum Gasteiger partial charge on any atom is 0.258 e. The predicted molar refractivity (Wildman–Crippen MR) is 129 cm³/mol. The van der Waals surface area contributed by atoms with Crippen molar-refractivity contribution in [3.8, 4) is 28.6 Å². The summed E-state index contributed by atoms with van der Waals surface area (Å²) in [5.41, 5.74) is 2.96. The molecule has 4 aromatic rings. The molecule has 0 saturated carbocycles. The Kier molecular flexibility index (Phi) is 6.77. The maximum absolute atomic E-state index is 14.3. The second-order valence-electron chi connectivity index (χ2n) is 8.13. The Morgan fingerprint density at radius 3 is 2.68 bits per heavy atom. The van der Waals surface area contributed by atoms with Gasteiger partial charge in [0.1, 0.15) is 11.4 Å². The molecular weight excluding hydrogens is 435 g/mol. The SMILES string of the molecule is CCc1nc(-c2ccc(OC)c(F)c2)nc2c1ccn2-c1cccc(OCC(=O)NC(C)C)c1. The van der Waals surface area contributed by atoms with Crippen LogP contribution in [-0.2, 0) is 11.2 Å². The van der Waals surface area contributed by atoms with E-state index in [0.717, 1.165) is 16.8 Å². The second-order valence-corrected chi connectivity index (χ2v) is 8.13. The largest absolute Gasteiger partial charge is 0.494 e. The van der Waals surface area contributed by atoms with Crippen molar-refractivity contribution in [2.75, 3.05) is 13.7 Å². The van der Waals surface area contributed by atoms with Gasteiger partial charge < -0.3 is 19.4 Å². The fourth-order valence-electron chi connectivity index (χ4n) is 3.72. The molecule has 4 rings (SSSR count). The Morgan fingerprint density at radius 1 is 1.15 bits per heavy atom. The fourth-order valence-corrected chi connectivity index (χ4v) is 3.72. The van der Waals surface area contributed by atoms with Gasteiger partial charge in [-0.25, -0.2) is 14.4 Å². The van der Waals surface area contributed by atoms with E-state index in [1.54, 1.807) is 18.2 Å². The monoisotopic (exact) mass is 462 g/mol. The molecule has 1 N–H and O–H groups in total. The first kappa shape index (κ1) is 23.2. The van der Waals surface area contributed by atoms with Crippen LogP contribution in [0.4, 0.5) is 4.39 Å². The van der Waals surface area contributed by atoms with Gasteiger partial charge in [0.2, 0.25) is 0 Å². The summed E-state index contributed by atoms with van der Waals surface area (Å²) in [7, 11) is 1.43. The minimum absolute atomic E-state index is 0.0505. The highest BCUT2D eigenvalue weighted by molar-refractivity contribution is 5.83. The van der Waals surface area contributed by atoms with E-state index >= 15 is 0 Å². The number of carbonyl (C=O) groups is 1. The van der Waals surface area contributed by atoms with E-state index in [9.17, 15) is 9.18 Å². The summed E-state index contributed by atoms with van der Waals surface area (Å²) in [4.78, 5) is 21.4. The number of fused-ring (bicyclic) bond motifs is 1. The standard InChI is InChI=1S/C26H27FN4O3/c1-5-22-20-11-12-31(18-7-6-8-19(14-18)34-15-24(32)28-16(2)3)26(20)30-25(29-22)17-9-10-23(33-4)21(27)13-17/h6-14,16H,5,15H2,1-4H3,(H,28,32). The van der Waals surface area contributed by atoms with Crippen molar-refractivity contribution < 1.29 is 18.7 Å². The van der Waals surface area contributed by atoms with Gasteiger partial charge in [-0.1, -0.05) is 13.0 Å². The van der Waals surface area contributed by atoms with Crippen molar-refractivity contribution in [3.05, 3.63) is 66.2 Å². The third-order valence-corrected chi connectivity index (χ3v) is 5.28. The summed E-state index contributed by atoms with van der Waals surface area (Å²) in [6.45, 7) is 5.75. The first-order valence-corrected chi connectivity index (χ1v) is 11.1. The van der Waals surface area contributed by atoms with E-state index in [4.69, 9.17) is 14.5 Å². The molecular formula is C26H27FN4O3. The van der Waals surface area contributed by atoms with Crippen molar-refractivity contribution in [2.24, 2.45) is 0 Å². The molecule has 0 unspecified atom stereocenters. The summed E-state index contributed by atoms with van der Waals surface area (Å²) in [5, 5.41) is 3.72. The summed E-state index contributed by atoms with van der Waals surface area (Å²) in [6, 6.07) is 14.2. The van der Waals surface area contributed by atoms with Gasteiger partial charge in [-0.2, -0.15) is 0 Å². The van der Waals surface area contributed by atoms with Gasteiger partial charge in [-0.3, -0.25) is 4.79 Å². The van der Waals surface area contributed by atoms with Crippen LogP contribution < -0.4 is 14.8 Å². The molecule has 2 aromatic carbocycles. The van der Waals surface area contributed by atoms with Crippen molar-refractivity contribution >= 4 is 16.9 Å². The zero-order valence-electron chi connectivity index (χ0n) is 19.6. The van der Waals surface area contributed by atoms with E-state index in [0.29, 0.717) is 29.2 Å². The zero-order valence-corrected chi connectivity index (χ0v) is 19.6. The molecule has 0 fully saturated rings. The molecule has 0 spiro atoms. The van der Waals surface area contributed by atoms with Crippen LogP contribution in [0, 0.1) is 5.82 Å². The number of ether oxygens (including phenoxy) is 2. The lowest BCUT2D eigenvalue weighted by Gasteiger charge is -2.12. The van der Waals surface area contributed by atoms with Gasteiger partial charge in [0.05, 0.1) is 18.5 Å². The Labute approximate surface area is 197 Å². The molecule has 1 amide bonds. The van der Waals surface area contributed by atoms with Crippen LogP contribution in [0.2, 0.25) is 0 Å². The van der Waals surface area contributed by atoms with E-state index in [-0.39, 0.29) is 24.3 Å². The number of aromatic nitrogens is 3. The zero-order chi connectivity index (χ0) is 24.2. The number of nitrogens with zero attached hydrogens (tertiary/aromatic N) is 3. The second kappa shape index (κ2) is 9.91. The topological polar surface area (TPSA) is 78.3 Å². The third kappa shape index (κ3) is 4.85. The number of hydrogen-bond donors (Lipinski definition) is 1. The number of rotatable bonds is 8. The fraction of sp³-hybridized carbons (Fsp3) is 0.269. The van der Waals surface area contributed by atoms with Crippen LogP contribution in [0.3, 0.4) is 0 Å². The predicted octanol–water partition coefficient (Wildman–Crippen LogP) is 4.70. The summed E-state index contributed by atoms with van der Waals surface area (Å²) in [6.07, 6.45) is 2.62. The van der Waals surface area contributed by atoms with Gasteiger partial charge in [-0.05, 0) is 56.7 Å². The Morgan fingerprint density at radius 2 is 1.97 bits per heavy atom. The van der Waals surface area contributed by atoms with E-state index < -0.39 is 5.82 Å². The molecule has 2 aromatic heterocycles. The van der Waals surface area contributed by atoms with E-state index in [2.05, 4.69) is 10.3 Å². The molecule has 34 heavy (non-hydrogen) atoms. The maximum atomic E-state index is 14.3. The molecule has 176 valence electrons. The Hall–Kier alpha value is -3.94. The first-order chi connectivity index (χ1) is 16.4. The molecule has 0 aliphatic rings. The first-order valence-electron chi connectivity index (χ1n) is 11.1. The summed E-state index contributed by atoms with van der Waals surface area (Å²) >= 11 is 0. The number of nitrogens with one attached hydrogen (secondary N) is 1. The molecule has 0 bridgehead atoms. The van der Waals surface area contributed by atoms with Gasteiger partial charge in [0.25, 0.3) is 5.91 Å². The van der Waals surface area contributed by atoms with Crippen LogP contribution in [0.25, 0.3) is 28.1 Å². The minimum atomic E-state index is -0.469. The van der Waals surface area contributed by atoms with Crippen LogP contribution >= 0.6 is 0 Å². The highest BCUT2D eigenvalue weighted by Crippen LogP contribution is 2.28. The lowest BCUT2D eigenvalue weighted by molar-refractivity contribution is -0.123. The van der Waals surface area contributed by atoms with Crippen LogP contribution in [0.1, 0.15) is 26.5 Å². The summed E-state index contributed by atoms with van der Waals surface area (Å²) in [5.74, 6) is 0.527. The number of halogens is 1. The van der Waals surface area contributed by atoms with Crippen molar-refractivity contribution in [1.82, 2.24) is 19.9 Å². The normalized spacial score (nSPS) is 11.1. The number of hydrogen-bond acceptors (Lipinski definition) is 5. The average molecular weight is 463 g/mol. The molecule has 0 aliphatic carbocycles. The summed E-state index contributed by atoms with van der Waals surface area (Å²) < 4.78 is 27.0. The van der Waals surface area contributed by atoms with Gasteiger partial charge >= 0.3 is 0 Å². The van der Waals surface area contributed by atoms with Crippen LogP contribution in [0.5, 0.6) is 11.5 Å². The smallest absolute Gasteiger partial charge is 0.258 e. The van der Waals surface area contributed by atoms with Crippen molar-refractivity contribution in [3.63, 3.8) is 0 Å². The lowest BCUT2D eigenvalue weighted by atomic mass is 10.1. The van der Waals surface area contributed by atoms with Gasteiger partial charge in [0.15, 0.2) is 24.0 Å². The van der Waals surface area contributed by atoms with E-state index in [1.165, 1.54) is 13.2 Å². The highest BCUT2D eigenvalue weighted by Gasteiger charge is 2.15. The van der Waals surface area contributed by atoms with Gasteiger partial charge in [-0.15, -0.1) is 0 Å². The lowest BCUT2D eigenvalue weighted by Crippen LogP contribution is -2.34. The molecule has 0 aliphatic heterocycles. The number of amides is 1. The van der Waals surface area contributed by atoms with Crippen LogP contribution in [0.15, 0.2) is 54.7 Å². The average Bonchev–Trinajstić information content (AvgIpc) is 3.26. The minimum Gasteiger partial charge on any atom is -0.494 e. The quantitative estimate of drug-likeness (QED) is 0.411. The Balaban J connectivity index is 1.71. The number of carbonyl (C=O) groups excluding carboxylic acids is 1. The Bertz CT molecular complexity index is 1330. The molecule has 2 heterocycles. The molecule has 0 atom stereocenters. The number of benzene rings is 2. The van der Waals surface area contributed by atoms with Crippen molar-refractivity contribution in [2.45, 2.75) is 33.2 Å². The van der Waals surface area contributed by atoms with Crippen molar-refractivity contribution in [1.29, 1.82) is 0 Å².